The maximum absolute atomic E-state index is 5.44. The minimum atomic E-state index is 0.722. The molecule has 1 heterocycles. The Balaban J connectivity index is 1.64. The van der Waals surface area contributed by atoms with Crippen molar-refractivity contribution in [2.24, 2.45) is 0 Å². The first-order chi connectivity index (χ1) is 11.3. The molecule has 0 aliphatic heterocycles. The van der Waals surface area contributed by atoms with Crippen LogP contribution in [0.2, 0.25) is 0 Å². The van der Waals surface area contributed by atoms with E-state index in [1.165, 1.54) is 5.56 Å². The van der Waals surface area contributed by atoms with Gasteiger partial charge < -0.3 is 14.0 Å². The lowest BCUT2D eigenvalue weighted by Crippen LogP contribution is -1.89. The summed E-state index contributed by atoms with van der Waals surface area (Å²) in [7, 11) is 3.33. The van der Waals surface area contributed by atoms with E-state index in [0.717, 1.165) is 41.4 Å². The second-order valence-corrected chi connectivity index (χ2v) is 5.33. The zero-order valence-corrected chi connectivity index (χ0v) is 13.3. The summed E-state index contributed by atoms with van der Waals surface area (Å²) >= 11 is 0. The Bertz CT molecular complexity index is 681. The molecule has 0 aliphatic rings. The van der Waals surface area contributed by atoms with Crippen LogP contribution in [0.3, 0.4) is 0 Å². The van der Waals surface area contributed by atoms with Crippen LogP contribution in [-0.4, -0.2) is 19.4 Å². The van der Waals surface area contributed by atoms with Crippen molar-refractivity contribution >= 4 is 0 Å². The van der Waals surface area contributed by atoms with Crippen molar-refractivity contribution in [2.75, 3.05) is 14.2 Å². The van der Waals surface area contributed by atoms with E-state index < -0.39 is 0 Å². The van der Waals surface area contributed by atoms with Gasteiger partial charge in [-0.25, -0.2) is 0 Å². The molecule has 0 N–H and O–H groups in total. The first-order valence-corrected chi connectivity index (χ1v) is 7.47. The number of benzene rings is 2. The van der Waals surface area contributed by atoms with Crippen LogP contribution in [0.4, 0.5) is 0 Å². The molecule has 0 bridgehead atoms. The fourth-order valence-corrected chi connectivity index (χ4v) is 2.42. The van der Waals surface area contributed by atoms with Crippen molar-refractivity contribution < 1.29 is 14.0 Å². The first-order valence-electron chi connectivity index (χ1n) is 7.47. The third-order valence-electron chi connectivity index (χ3n) is 3.69. The van der Waals surface area contributed by atoms with Crippen molar-refractivity contribution in [3.05, 3.63) is 77.2 Å². The van der Waals surface area contributed by atoms with Crippen LogP contribution in [0.15, 0.2) is 59.1 Å². The molecule has 118 valence electrons. The zero-order chi connectivity index (χ0) is 16.1. The average Bonchev–Trinajstić information content (AvgIpc) is 3.03. The van der Waals surface area contributed by atoms with Gasteiger partial charge in [0.05, 0.1) is 19.9 Å². The van der Waals surface area contributed by atoms with Crippen molar-refractivity contribution in [1.29, 1.82) is 0 Å². The molecule has 23 heavy (non-hydrogen) atoms. The van der Waals surface area contributed by atoms with E-state index in [4.69, 9.17) is 14.0 Å². The molecular formula is C19H19NO3. The van der Waals surface area contributed by atoms with Crippen LogP contribution in [0.5, 0.6) is 11.5 Å². The lowest BCUT2D eigenvalue weighted by atomic mass is 10.1. The van der Waals surface area contributed by atoms with E-state index >= 15 is 0 Å². The highest BCUT2D eigenvalue weighted by molar-refractivity contribution is 5.31. The smallest absolute Gasteiger partial charge is 0.141 e. The Morgan fingerprint density at radius 1 is 0.783 bits per heavy atom. The van der Waals surface area contributed by atoms with Gasteiger partial charge in [0.25, 0.3) is 0 Å². The van der Waals surface area contributed by atoms with Crippen molar-refractivity contribution in [3.8, 4) is 11.5 Å². The molecule has 2 aromatic carbocycles. The molecule has 0 fully saturated rings. The molecule has 0 saturated carbocycles. The van der Waals surface area contributed by atoms with Gasteiger partial charge in [-0.1, -0.05) is 29.4 Å². The van der Waals surface area contributed by atoms with Crippen LogP contribution in [0.25, 0.3) is 0 Å². The first kappa shape index (κ1) is 15.2. The Morgan fingerprint density at radius 2 is 1.30 bits per heavy atom. The van der Waals surface area contributed by atoms with Crippen molar-refractivity contribution in [2.45, 2.75) is 12.8 Å². The normalized spacial score (nSPS) is 10.5. The maximum atomic E-state index is 5.44. The molecule has 0 amide bonds. The highest BCUT2D eigenvalue weighted by Crippen LogP contribution is 2.18. The number of aromatic nitrogens is 1. The molecule has 0 unspecified atom stereocenters. The lowest BCUT2D eigenvalue weighted by molar-refractivity contribution is 0.384. The molecule has 4 heteroatoms. The second kappa shape index (κ2) is 7.01. The van der Waals surface area contributed by atoms with Gasteiger partial charge in [-0.2, -0.15) is 0 Å². The number of rotatable bonds is 6. The van der Waals surface area contributed by atoms with Gasteiger partial charge in [-0.15, -0.1) is 0 Å². The SMILES string of the molecule is COc1ccc(Cc2cc(Cc3ccc(OC)cc3)on2)cc1. The molecular weight excluding hydrogens is 290 g/mol. The Labute approximate surface area is 135 Å². The van der Waals surface area contributed by atoms with Crippen LogP contribution in [-0.2, 0) is 12.8 Å². The third-order valence-corrected chi connectivity index (χ3v) is 3.69. The summed E-state index contributed by atoms with van der Waals surface area (Å²) < 4.78 is 15.8. The Hall–Kier alpha value is -2.75. The fraction of sp³-hybridized carbons (Fsp3) is 0.211. The van der Waals surface area contributed by atoms with E-state index in [-0.39, 0.29) is 0 Å². The monoisotopic (exact) mass is 309 g/mol. The summed E-state index contributed by atoms with van der Waals surface area (Å²) in [6, 6.07) is 18.0. The number of ether oxygens (including phenoxy) is 2. The van der Waals surface area contributed by atoms with Gasteiger partial charge in [0.1, 0.15) is 17.3 Å². The minimum Gasteiger partial charge on any atom is -0.497 e. The van der Waals surface area contributed by atoms with Gasteiger partial charge in [-0.3, -0.25) is 0 Å². The van der Waals surface area contributed by atoms with Gasteiger partial charge in [0.15, 0.2) is 0 Å². The van der Waals surface area contributed by atoms with E-state index in [1.807, 2.05) is 54.6 Å². The highest BCUT2D eigenvalue weighted by atomic mass is 16.5. The van der Waals surface area contributed by atoms with Gasteiger partial charge in [0.2, 0.25) is 0 Å². The highest BCUT2D eigenvalue weighted by Gasteiger charge is 2.07. The summed E-state index contributed by atoms with van der Waals surface area (Å²) in [5, 5.41) is 4.15. The molecule has 0 atom stereocenters. The quantitative estimate of drug-likeness (QED) is 0.693. The number of hydrogen-bond donors (Lipinski definition) is 0. The second-order valence-electron chi connectivity index (χ2n) is 5.33. The lowest BCUT2D eigenvalue weighted by Gasteiger charge is -2.01. The van der Waals surface area contributed by atoms with Crippen molar-refractivity contribution in [3.63, 3.8) is 0 Å². The van der Waals surface area contributed by atoms with Gasteiger partial charge in [0, 0.05) is 18.9 Å². The summed E-state index contributed by atoms with van der Waals surface area (Å²) in [6.07, 6.45) is 1.47. The minimum absolute atomic E-state index is 0.722. The molecule has 1 aromatic heterocycles. The van der Waals surface area contributed by atoms with E-state index in [2.05, 4.69) is 5.16 Å². The number of hydrogen-bond acceptors (Lipinski definition) is 4. The molecule has 0 radical (unpaired) electrons. The van der Waals surface area contributed by atoms with Crippen LogP contribution >= 0.6 is 0 Å². The predicted octanol–water partition coefficient (Wildman–Crippen LogP) is 3.87. The number of methoxy groups -OCH3 is 2. The zero-order valence-electron chi connectivity index (χ0n) is 13.3. The van der Waals surface area contributed by atoms with Crippen LogP contribution < -0.4 is 9.47 Å². The largest absolute Gasteiger partial charge is 0.497 e. The summed E-state index contributed by atoms with van der Waals surface area (Å²) in [6.45, 7) is 0. The molecule has 4 nitrogen and oxygen atoms in total. The van der Waals surface area contributed by atoms with Crippen molar-refractivity contribution in [1.82, 2.24) is 5.16 Å². The Kier molecular flexibility index (Phi) is 4.62. The van der Waals surface area contributed by atoms with E-state index in [1.54, 1.807) is 14.2 Å². The molecule has 3 rings (SSSR count). The van der Waals surface area contributed by atoms with Crippen LogP contribution in [0, 0.1) is 0 Å². The molecule has 0 saturated heterocycles. The summed E-state index contributed by atoms with van der Waals surface area (Å²) in [5.41, 5.74) is 3.27. The van der Waals surface area contributed by atoms with Gasteiger partial charge >= 0.3 is 0 Å². The fourth-order valence-electron chi connectivity index (χ4n) is 2.42. The Morgan fingerprint density at radius 3 is 1.83 bits per heavy atom. The molecule has 0 aliphatic carbocycles. The standard InChI is InChI=1S/C19H19NO3/c1-21-17-7-3-14(4-8-17)11-16-13-19(23-20-16)12-15-5-9-18(22-2)10-6-15/h3-10,13H,11-12H2,1-2H3. The van der Waals surface area contributed by atoms with Gasteiger partial charge in [-0.05, 0) is 35.4 Å². The topological polar surface area (TPSA) is 44.5 Å². The van der Waals surface area contributed by atoms with E-state index in [0.29, 0.717) is 0 Å². The third kappa shape index (κ3) is 3.92. The number of nitrogens with zero attached hydrogens (tertiary/aromatic N) is 1. The molecule has 3 aromatic rings. The molecule has 0 spiro atoms. The predicted molar refractivity (Wildman–Crippen MR) is 88.1 cm³/mol. The maximum Gasteiger partial charge on any atom is 0.141 e. The average molecular weight is 309 g/mol. The summed E-state index contributed by atoms with van der Waals surface area (Å²) in [5.74, 6) is 2.57. The van der Waals surface area contributed by atoms with Crippen LogP contribution in [0.1, 0.15) is 22.6 Å². The van der Waals surface area contributed by atoms with E-state index in [9.17, 15) is 0 Å². The summed E-state index contributed by atoms with van der Waals surface area (Å²) in [4.78, 5) is 0.